The Morgan fingerprint density at radius 2 is 1.37 bits per heavy atom. The van der Waals surface area contributed by atoms with E-state index in [0.717, 1.165) is 31.2 Å². The fourth-order valence-electron chi connectivity index (χ4n) is 4.49. The van der Waals surface area contributed by atoms with E-state index in [9.17, 15) is 8.78 Å². The molecule has 0 N–H and O–H groups in total. The number of unbranched alkanes of at least 4 members (excludes halogenated alkanes) is 8. The van der Waals surface area contributed by atoms with Gasteiger partial charge in [-0.25, -0.2) is 4.39 Å². The van der Waals surface area contributed by atoms with Crippen molar-refractivity contribution in [3.63, 3.8) is 0 Å². The topological polar surface area (TPSA) is 27.7 Å². The van der Waals surface area contributed by atoms with Gasteiger partial charge in [0.25, 0.3) is 0 Å². The van der Waals surface area contributed by atoms with E-state index in [-0.39, 0.29) is 17.2 Å². The molecule has 0 radical (unpaired) electrons. The summed E-state index contributed by atoms with van der Waals surface area (Å²) in [6.07, 6.45) is 12.3. The predicted molar refractivity (Wildman–Crippen MR) is 137 cm³/mol. The van der Waals surface area contributed by atoms with E-state index in [1.807, 2.05) is 0 Å². The van der Waals surface area contributed by atoms with Gasteiger partial charge in [0, 0.05) is 11.5 Å². The van der Waals surface area contributed by atoms with Gasteiger partial charge >= 0.3 is 0 Å². The lowest BCUT2D eigenvalue weighted by molar-refractivity contribution is -0.193. The van der Waals surface area contributed by atoms with Crippen molar-refractivity contribution in [2.45, 2.75) is 96.7 Å². The number of rotatable bonds is 15. The molecule has 1 aliphatic heterocycles. The van der Waals surface area contributed by atoms with Crippen LogP contribution in [0.3, 0.4) is 0 Å². The van der Waals surface area contributed by atoms with E-state index in [2.05, 4.69) is 38.1 Å². The largest absolute Gasteiger partial charge is 0.490 e. The second-order valence-electron chi connectivity index (χ2n) is 9.64. The van der Waals surface area contributed by atoms with Gasteiger partial charge in [-0.05, 0) is 42.5 Å². The molecule has 3 nitrogen and oxygen atoms in total. The Balaban J connectivity index is 1.44. The zero-order valence-electron chi connectivity index (χ0n) is 21.5. The summed E-state index contributed by atoms with van der Waals surface area (Å²) in [5, 5.41) is 0. The number of ether oxygens (including phenoxy) is 3. The van der Waals surface area contributed by atoms with Gasteiger partial charge in [-0.1, -0.05) is 89.5 Å². The second kappa shape index (κ2) is 15.2. The van der Waals surface area contributed by atoms with Gasteiger partial charge in [-0.2, -0.15) is 4.39 Å². The maximum atomic E-state index is 14.7. The second-order valence-corrected chi connectivity index (χ2v) is 9.64. The zero-order chi connectivity index (χ0) is 24.9. The van der Waals surface area contributed by atoms with Gasteiger partial charge in [-0.15, -0.1) is 0 Å². The van der Waals surface area contributed by atoms with Crippen LogP contribution in [0.15, 0.2) is 36.4 Å². The number of halogens is 2. The first-order valence-corrected chi connectivity index (χ1v) is 13.6. The van der Waals surface area contributed by atoms with Crippen molar-refractivity contribution in [2.24, 2.45) is 0 Å². The molecular weight excluding hydrogens is 446 g/mol. The van der Waals surface area contributed by atoms with Gasteiger partial charge in [0.1, 0.15) is 0 Å². The highest BCUT2D eigenvalue weighted by Gasteiger charge is 2.28. The standard InChI is InChI=1S/C30H42F2O3/c1-3-5-7-8-9-10-11-13-23-14-16-24(17-15-23)25-21-34-30(35-22-25)26-18-19-27(29(32)28(26)31)33-20-12-6-4-2/h14-19,25,30H,3-13,20-22H2,1-2H3. The molecule has 0 aliphatic carbocycles. The molecule has 1 fully saturated rings. The van der Waals surface area contributed by atoms with E-state index < -0.39 is 17.9 Å². The van der Waals surface area contributed by atoms with E-state index >= 15 is 0 Å². The third-order valence-corrected chi connectivity index (χ3v) is 6.75. The molecule has 0 atom stereocenters. The first kappa shape index (κ1) is 27.6. The SMILES string of the molecule is CCCCCCCCCc1ccc(C2COC(c3ccc(OCCCCC)c(F)c3F)OC2)cc1. The van der Waals surface area contributed by atoms with E-state index in [1.165, 1.54) is 62.6 Å². The molecule has 0 unspecified atom stereocenters. The Bertz CT molecular complexity index is 861. The number of benzene rings is 2. The summed E-state index contributed by atoms with van der Waals surface area (Å²) < 4.78 is 46.2. The Morgan fingerprint density at radius 3 is 2.06 bits per heavy atom. The average Bonchev–Trinajstić information content (AvgIpc) is 2.89. The van der Waals surface area contributed by atoms with Crippen LogP contribution in [0.25, 0.3) is 0 Å². The van der Waals surface area contributed by atoms with Crippen LogP contribution in [-0.4, -0.2) is 19.8 Å². The van der Waals surface area contributed by atoms with Crippen LogP contribution >= 0.6 is 0 Å². The lowest BCUT2D eigenvalue weighted by Gasteiger charge is -2.30. The van der Waals surface area contributed by atoms with Crippen molar-refractivity contribution in [2.75, 3.05) is 19.8 Å². The van der Waals surface area contributed by atoms with Crippen molar-refractivity contribution >= 4 is 0 Å². The fraction of sp³-hybridized carbons (Fsp3) is 0.600. The maximum Gasteiger partial charge on any atom is 0.201 e. The third kappa shape index (κ3) is 8.57. The van der Waals surface area contributed by atoms with Gasteiger partial charge in [-0.3, -0.25) is 0 Å². The average molecular weight is 489 g/mol. The molecule has 1 heterocycles. The van der Waals surface area contributed by atoms with Crippen molar-refractivity contribution in [1.29, 1.82) is 0 Å². The smallest absolute Gasteiger partial charge is 0.201 e. The maximum absolute atomic E-state index is 14.7. The Hall–Kier alpha value is -1.98. The van der Waals surface area contributed by atoms with Crippen LogP contribution < -0.4 is 4.74 Å². The van der Waals surface area contributed by atoms with Crippen LogP contribution in [0, 0.1) is 11.6 Å². The lowest BCUT2D eigenvalue weighted by Crippen LogP contribution is -2.26. The van der Waals surface area contributed by atoms with Gasteiger partial charge in [0.05, 0.1) is 19.8 Å². The molecule has 5 heteroatoms. The molecule has 194 valence electrons. The van der Waals surface area contributed by atoms with Gasteiger partial charge in [0.15, 0.2) is 17.9 Å². The van der Waals surface area contributed by atoms with Crippen molar-refractivity contribution in [3.05, 3.63) is 64.7 Å². The molecule has 3 rings (SSSR count). The summed E-state index contributed by atoms with van der Waals surface area (Å²) in [6.45, 7) is 5.51. The summed E-state index contributed by atoms with van der Waals surface area (Å²) >= 11 is 0. The monoisotopic (exact) mass is 488 g/mol. The van der Waals surface area contributed by atoms with Crippen molar-refractivity contribution in [1.82, 2.24) is 0 Å². The van der Waals surface area contributed by atoms with Crippen LogP contribution in [-0.2, 0) is 15.9 Å². The van der Waals surface area contributed by atoms with Crippen LogP contribution in [0.1, 0.15) is 107 Å². The van der Waals surface area contributed by atoms with Crippen LogP contribution in [0.2, 0.25) is 0 Å². The number of hydrogen-bond donors (Lipinski definition) is 0. The molecule has 1 aliphatic rings. The van der Waals surface area contributed by atoms with Gasteiger partial charge < -0.3 is 14.2 Å². The Kier molecular flexibility index (Phi) is 12.0. The van der Waals surface area contributed by atoms with E-state index in [1.54, 1.807) is 0 Å². The molecule has 2 aromatic carbocycles. The molecule has 35 heavy (non-hydrogen) atoms. The molecule has 1 saturated heterocycles. The highest BCUT2D eigenvalue weighted by molar-refractivity contribution is 5.32. The summed E-state index contributed by atoms with van der Waals surface area (Å²) in [5.74, 6) is -1.93. The zero-order valence-corrected chi connectivity index (χ0v) is 21.5. The molecule has 0 aromatic heterocycles. The molecule has 0 spiro atoms. The predicted octanol–water partition coefficient (Wildman–Crippen LogP) is 8.66. The van der Waals surface area contributed by atoms with Crippen LogP contribution in [0.4, 0.5) is 8.78 Å². The van der Waals surface area contributed by atoms with Crippen LogP contribution in [0.5, 0.6) is 5.75 Å². The van der Waals surface area contributed by atoms with Crippen molar-refractivity contribution < 1.29 is 23.0 Å². The third-order valence-electron chi connectivity index (χ3n) is 6.75. The molecule has 0 saturated carbocycles. The summed E-state index contributed by atoms with van der Waals surface area (Å²) in [6, 6.07) is 11.6. The highest BCUT2D eigenvalue weighted by Crippen LogP contribution is 2.34. The van der Waals surface area contributed by atoms with Gasteiger partial charge in [0.2, 0.25) is 5.82 Å². The summed E-state index contributed by atoms with van der Waals surface area (Å²) in [7, 11) is 0. The fourth-order valence-corrected chi connectivity index (χ4v) is 4.49. The highest BCUT2D eigenvalue weighted by atomic mass is 19.2. The summed E-state index contributed by atoms with van der Waals surface area (Å²) in [5.41, 5.74) is 2.58. The number of aryl methyl sites for hydroxylation is 1. The Morgan fingerprint density at radius 1 is 0.743 bits per heavy atom. The summed E-state index contributed by atoms with van der Waals surface area (Å²) in [4.78, 5) is 0. The first-order chi connectivity index (χ1) is 17.1. The van der Waals surface area contributed by atoms with Crippen molar-refractivity contribution in [3.8, 4) is 5.75 Å². The minimum absolute atomic E-state index is 0.0624. The normalized spacial score (nSPS) is 18.1. The minimum atomic E-state index is -0.982. The minimum Gasteiger partial charge on any atom is -0.490 e. The lowest BCUT2D eigenvalue weighted by atomic mass is 9.97. The molecule has 0 amide bonds. The van der Waals surface area contributed by atoms with E-state index in [0.29, 0.717) is 19.8 Å². The molecule has 0 bridgehead atoms. The molecular formula is C30H42F2O3. The Labute approximate surface area is 210 Å². The number of hydrogen-bond acceptors (Lipinski definition) is 3. The molecule has 2 aromatic rings. The van der Waals surface area contributed by atoms with E-state index in [4.69, 9.17) is 14.2 Å². The first-order valence-electron chi connectivity index (χ1n) is 13.6. The quantitative estimate of drug-likeness (QED) is 0.235.